The molecular weight excluding hydrogens is 495 g/mol. The fourth-order valence-electron chi connectivity index (χ4n) is 2.68. The summed E-state index contributed by atoms with van der Waals surface area (Å²) >= 11 is 11.9. The van der Waals surface area contributed by atoms with E-state index in [-0.39, 0.29) is 16.9 Å². The number of nitro benzene ring substituents is 1. The molecular formula is C20H14Cl2N4O6S. The van der Waals surface area contributed by atoms with Crippen LogP contribution in [0.1, 0.15) is 15.9 Å². The van der Waals surface area contributed by atoms with Gasteiger partial charge in [0.1, 0.15) is 4.90 Å². The van der Waals surface area contributed by atoms with Crippen LogP contribution in [0.3, 0.4) is 0 Å². The number of carboxylic acid groups (broad SMARTS) is 1. The van der Waals surface area contributed by atoms with Gasteiger partial charge in [0.15, 0.2) is 0 Å². The number of sulfonamides is 1. The molecule has 0 saturated heterocycles. The number of aromatic carboxylic acids is 1. The first kappa shape index (κ1) is 24.0. The number of nitro groups is 1. The van der Waals surface area contributed by atoms with Gasteiger partial charge >= 0.3 is 5.97 Å². The molecule has 0 amide bonds. The number of halogens is 2. The maximum atomic E-state index is 13.0. The summed E-state index contributed by atoms with van der Waals surface area (Å²) in [5.41, 5.74) is 1.91. The minimum atomic E-state index is -4.46. The third-order valence-electron chi connectivity index (χ3n) is 4.22. The number of benzene rings is 3. The molecule has 0 aliphatic carbocycles. The molecule has 0 atom stereocenters. The number of carboxylic acids is 1. The van der Waals surface area contributed by atoms with Crippen molar-refractivity contribution in [1.29, 1.82) is 0 Å². The van der Waals surface area contributed by atoms with E-state index in [0.29, 0.717) is 15.6 Å². The Hall–Kier alpha value is -3.67. The van der Waals surface area contributed by atoms with Crippen molar-refractivity contribution in [3.05, 3.63) is 92.0 Å². The van der Waals surface area contributed by atoms with Crippen LogP contribution >= 0.6 is 23.2 Å². The highest BCUT2D eigenvalue weighted by atomic mass is 35.5. The Morgan fingerprint density at radius 1 is 1.06 bits per heavy atom. The number of para-hydroxylation sites is 1. The second-order valence-electron chi connectivity index (χ2n) is 6.43. The monoisotopic (exact) mass is 508 g/mol. The summed E-state index contributed by atoms with van der Waals surface area (Å²) in [6.07, 6.45) is 1.31. The molecule has 33 heavy (non-hydrogen) atoms. The van der Waals surface area contributed by atoms with Crippen LogP contribution < -0.4 is 10.1 Å². The number of nitrogens with one attached hydrogen (secondary N) is 2. The van der Waals surface area contributed by atoms with Gasteiger partial charge < -0.3 is 5.11 Å². The molecule has 3 N–H and O–H groups in total. The van der Waals surface area contributed by atoms with Crippen molar-refractivity contribution >= 4 is 62.5 Å². The van der Waals surface area contributed by atoms with E-state index in [1.54, 1.807) is 12.1 Å². The van der Waals surface area contributed by atoms with Gasteiger partial charge in [0, 0.05) is 22.7 Å². The van der Waals surface area contributed by atoms with Gasteiger partial charge in [-0.25, -0.2) is 13.2 Å². The molecule has 0 aromatic heterocycles. The number of hydrogen-bond donors (Lipinski definition) is 3. The predicted octanol–water partition coefficient (Wildman–Crippen LogP) is 4.85. The Kier molecular flexibility index (Phi) is 7.16. The van der Waals surface area contributed by atoms with E-state index in [1.165, 1.54) is 36.5 Å². The van der Waals surface area contributed by atoms with Crippen LogP contribution in [-0.4, -0.2) is 30.6 Å². The molecule has 0 heterocycles. The third-order valence-corrected chi connectivity index (χ3v) is 6.19. The van der Waals surface area contributed by atoms with Gasteiger partial charge in [-0.15, -0.1) is 0 Å². The molecule has 170 valence electrons. The van der Waals surface area contributed by atoms with Gasteiger partial charge in [-0.1, -0.05) is 41.4 Å². The normalized spacial score (nSPS) is 11.3. The third kappa shape index (κ3) is 5.77. The smallest absolute Gasteiger partial charge is 0.337 e. The summed E-state index contributed by atoms with van der Waals surface area (Å²) in [4.78, 5) is 21.3. The average molecular weight is 509 g/mol. The summed E-state index contributed by atoms with van der Waals surface area (Å²) in [7, 11) is -4.46. The molecule has 0 spiro atoms. The lowest BCUT2D eigenvalue weighted by Crippen LogP contribution is -2.17. The highest BCUT2D eigenvalue weighted by Gasteiger charge is 2.24. The standard InChI is InChI=1S/C20H14Cl2N4O6S/c21-13-6-5-12(16(22)9-13)11-23-24-18-8-7-14(26(29)30)10-19(18)33(31,32)25-17-4-2-1-3-15(17)20(27)28/h1-11,24-25H,(H,27,28). The summed E-state index contributed by atoms with van der Waals surface area (Å²) < 4.78 is 28.2. The zero-order chi connectivity index (χ0) is 24.2. The van der Waals surface area contributed by atoms with Crippen molar-refractivity contribution in [3.8, 4) is 0 Å². The molecule has 0 aliphatic heterocycles. The average Bonchev–Trinajstić information content (AvgIpc) is 2.75. The largest absolute Gasteiger partial charge is 0.478 e. The molecule has 0 fully saturated rings. The van der Waals surface area contributed by atoms with Gasteiger partial charge in [-0.2, -0.15) is 5.10 Å². The Morgan fingerprint density at radius 3 is 2.45 bits per heavy atom. The van der Waals surface area contributed by atoms with Crippen molar-refractivity contribution in [2.45, 2.75) is 4.90 Å². The van der Waals surface area contributed by atoms with Crippen molar-refractivity contribution in [3.63, 3.8) is 0 Å². The van der Waals surface area contributed by atoms with E-state index in [0.717, 1.165) is 18.2 Å². The Labute approximate surface area is 197 Å². The minimum Gasteiger partial charge on any atom is -0.478 e. The first-order chi connectivity index (χ1) is 15.6. The lowest BCUT2D eigenvalue weighted by Gasteiger charge is -2.13. The number of non-ortho nitro benzene ring substituents is 1. The Bertz CT molecular complexity index is 1380. The van der Waals surface area contributed by atoms with E-state index < -0.39 is 31.5 Å². The van der Waals surface area contributed by atoms with Crippen molar-refractivity contribution < 1.29 is 23.2 Å². The minimum absolute atomic E-state index is 0.0951. The lowest BCUT2D eigenvalue weighted by atomic mass is 10.2. The molecule has 0 bridgehead atoms. The van der Waals surface area contributed by atoms with Crippen LogP contribution in [-0.2, 0) is 10.0 Å². The fourth-order valence-corrected chi connectivity index (χ4v) is 4.39. The van der Waals surface area contributed by atoms with Crippen LogP contribution in [0.2, 0.25) is 10.0 Å². The van der Waals surface area contributed by atoms with Crippen LogP contribution in [0.15, 0.2) is 70.7 Å². The van der Waals surface area contributed by atoms with Crippen LogP contribution in [0, 0.1) is 10.1 Å². The quantitative estimate of drug-likeness (QED) is 0.223. The predicted molar refractivity (Wildman–Crippen MR) is 125 cm³/mol. The number of carbonyl (C=O) groups is 1. The lowest BCUT2D eigenvalue weighted by molar-refractivity contribution is -0.385. The second-order valence-corrected chi connectivity index (χ2v) is 8.92. The summed E-state index contributed by atoms with van der Waals surface area (Å²) in [6.45, 7) is 0. The second kappa shape index (κ2) is 9.86. The SMILES string of the molecule is O=C(O)c1ccccc1NS(=O)(=O)c1cc([N+](=O)[O-])ccc1NN=Cc1ccc(Cl)cc1Cl. The molecule has 0 aliphatic rings. The molecule has 13 heteroatoms. The molecule has 0 radical (unpaired) electrons. The first-order valence-electron chi connectivity index (χ1n) is 8.96. The summed E-state index contributed by atoms with van der Waals surface area (Å²) in [6, 6.07) is 13.1. The number of nitrogens with zero attached hydrogens (tertiary/aromatic N) is 2. The van der Waals surface area contributed by atoms with Gasteiger partial charge in [-0.3, -0.25) is 20.3 Å². The summed E-state index contributed by atoms with van der Waals surface area (Å²) in [5, 5.41) is 25.2. The highest BCUT2D eigenvalue weighted by Crippen LogP contribution is 2.29. The Morgan fingerprint density at radius 2 is 1.79 bits per heavy atom. The van der Waals surface area contributed by atoms with E-state index in [4.69, 9.17) is 23.2 Å². The number of anilines is 2. The molecule has 0 unspecified atom stereocenters. The van der Waals surface area contributed by atoms with Crippen LogP contribution in [0.25, 0.3) is 0 Å². The zero-order valence-electron chi connectivity index (χ0n) is 16.4. The summed E-state index contributed by atoms with van der Waals surface area (Å²) in [5.74, 6) is -1.35. The van der Waals surface area contributed by atoms with Gasteiger partial charge in [0.2, 0.25) is 0 Å². The van der Waals surface area contributed by atoms with Crippen LogP contribution in [0.5, 0.6) is 0 Å². The van der Waals surface area contributed by atoms with Crippen molar-refractivity contribution in [1.82, 2.24) is 0 Å². The number of hydrazone groups is 1. The fraction of sp³-hybridized carbons (Fsp3) is 0. The molecule has 10 nitrogen and oxygen atoms in total. The number of hydrogen-bond acceptors (Lipinski definition) is 7. The van der Waals surface area contributed by atoms with Crippen molar-refractivity contribution in [2.24, 2.45) is 5.10 Å². The van der Waals surface area contributed by atoms with Gasteiger partial charge in [0.25, 0.3) is 15.7 Å². The maximum Gasteiger partial charge on any atom is 0.337 e. The van der Waals surface area contributed by atoms with E-state index in [9.17, 15) is 28.4 Å². The van der Waals surface area contributed by atoms with Gasteiger partial charge in [0.05, 0.1) is 33.1 Å². The molecule has 3 aromatic rings. The first-order valence-corrected chi connectivity index (χ1v) is 11.2. The van der Waals surface area contributed by atoms with Crippen molar-refractivity contribution in [2.75, 3.05) is 10.1 Å². The van der Waals surface area contributed by atoms with E-state index in [1.807, 2.05) is 0 Å². The molecule has 3 aromatic carbocycles. The number of rotatable bonds is 8. The van der Waals surface area contributed by atoms with E-state index >= 15 is 0 Å². The highest BCUT2D eigenvalue weighted by molar-refractivity contribution is 7.93. The molecule has 3 rings (SSSR count). The Balaban J connectivity index is 1.99. The van der Waals surface area contributed by atoms with E-state index in [2.05, 4.69) is 15.2 Å². The topological polar surface area (TPSA) is 151 Å². The zero-order valence-corrected chi connectivity index (χ0v) is 18.7. The molecule has 0 saturated carbocycles. The van der Waals surface area contributed by atoms with Crippen LogP contribution in [0.4, 0.5) is 17.1 Å². The maximum absolute atomic E-state index is 13.0. The van der Waals surface area contributed by atoms with Gasteiger partial charge in [-0.05, 0) is 30.3 Å².